The molecule has 3 heteroatoms. The smallest absolute Gasteiger partial charge is 0.261 e. The predicted molar refractivity (Wildman–Crippen MR) is 65.0 cm³/mol. The van der Waals surface area contributed by atoms with Crippen molar-refractivity contribution in [1.82, 2.24) is 4.57 Å². The Balaban J connectivity index is 3.45. The fraction of sp³-hybridized carbons (Fsp3) is 0.538. The van der Waals surface area contributed by atoms with Crippen LogP contribution in [0.25, 0.3) is 0 Å². The minimum Gasteiger partial charge on any atom is -0.312 e. The number of nitrogens with zero attached hydrogens (tertiary/aromatic N) is 1. The van der Waals surface area contributed by atoms with Crippen molar-refractivity contribution in [3.8, 4) is 0 Å². The summed E-state index contributed by atoms with van der Waals surface area (Å²) >= 11 is 0. The topological polar surface area (TPSA) is 39.1 Å². The zero-order valence-corrected chi connectivity index (χ0v) is 10.6. The first-order valence-electron chi connectivity index (χ1n) is 5.56. The van der Waals surface area contributed by atoms with Crippen LogP contribution in [-0.2, 0) is 6.54 Å². The first-order valence-corrected chi connectivity index (χ1v) is 5.56. The Bertz CT molecular complexity index is 470. The van der Waals surface area contributed by atoms with Crippen molar-refractivity contribution in [2.75, 3.05) is 0 Å². The SMILES string of the molecule is CC(=O)c1c(C)cc(C)n(CC(C)C)c1=O. The average molecular weight is 221 g/mol. The lowest BCUT2D eigenvalue weighted by Gasteiger charge is -2.15. The summed E-state index contributed by atoms with van der Waals surface area (Å²) in [5, 5.41) is 0. The Morgan fingerprint density at radius 1 is 1.38 bits per heavy atom. The molecule has 0 N–H and O–H groups in total. The largest absolute Gasteiger partial charge is 0.312 e. The van der Waals surface area contributed by atoms with Crippen LogP contribution in [0.2, 0.25) is 0 Å². The Morgan fingerprint density at radius 2 is 1.94 bits per heavy atom. The number of ketones is 1. The molecule has 1 aromatic rings. The quantitative estimate of drug-likeness (QED) is 0.735. The molecular formula is C13H19NO2. The molecule has 16 heavy (non-hydrogen) atoms. The second-order valence-corrected chi connectivity index (χ2v) is 4.71. The summed E-state index contributed by atoms with van der Waals surface area (Å²) in [5.41, 5.74) is 1.86. The third kappa shape index (κ3) is 2.40. The predicted octanol–water partition coefficient (Wildman–Crippen LogP) is 2.32. The Morgan fingerprint density at radius 3 is 2.38 bits per heavy atom. The summed E-state index contributed by atoms with van der Waals surface area (Å²) in [6, 6.07) is 1.90. The standard InChI is InChI=1S/C13H19NO2/c1-8(2)7-14-10(4)6-9(3)12(11(5)15)13(14)16/h6,8H,7H2,1-5H3. The van der Waals surface area contributed by atoms with Gasteiger partial charge in [-0.3, -0.25) is 9.59 Å². The van der Waals surface area contributed by atoms with Crippen molar-refractivity contribution in [1.29, 1.82) is 0 Å². The van der Waals surface area contributed by atoms with E-state index in [2.05, 4.69) is 13.8 Å². The molecule has 0 aliphatic carbocycles. The molecule has 0 atom stereocenters. The molecule has 0 bridgehead atoms. The van der Waals surface area contributed by atoms with Gasteiger partial charge in [-0.15, -0.1) is 0 Å². The number of hydrogen-bond donors (Lipinski definition) is 0. The molecule has 0 aliphatic heterocycles. The van der Waals surface area contributed by atoms with Crippen LogP contribution >= 0.6 is 0 Å². The summed E-state index contributed by atoms with van der Waals surface area (Å²) in [4.78, 5) is 23.6. The number of aromatic nitrogens is 1. The normalized spacial score (nSPS) is 10.9. The van der Waals surface area contributed by atoms with Gasteiger partial charge in [0, 0.05) is 12.2 Å². The van der Waals surface area contributed by atoms with Gasteiger partial charge in [-0.25, -0.2) is 0 Å². The Hall–Kier alpha value is -1.38. The number of hydrogen-bond acceptors (Lipinski definition) is 2. The fourth-order valence-electron chi connectivity index (χ4n) is 1.95. The number of carbonyl (C=O) groups excluding carboxylic acids is 1. The summed E-state index contributed by atoms with van der Waals surface area (Å²) in [5.74, 6) is 0.235. The molecule has 88 valence electrons. The molecular weight excluding hydrogens is 202 g/mol. The van der Waals surface area contributed by atoms with Crippen molar-refractivity contribution in [3.63, 3.8) is 0 Å². The van der Waals surface area contributed by atoms with Gasteiger partial charge in [-0.1, -0.05) is 13.8 Å². The van der Waals surface area contributed by atoms with Crippen molar-refractivity contribution >= 4 is 5.78 Å². The van der Waals surface area contributed by atoms with Crippen LogP contribution in [0.4, 0.5) is 0 Å². The van der Waals surface area contributed by atoms with E-state index in [-0.39, 0.29) is 11.3 Å². The highest BCUT2D eigenvalue weighted by Gasteiger charge is 2.14. The summed E-state index contributed by atoms with van der Waals surface area (Å²) in [7, 11) is 0. The van der Waals surface area contributed by atoms with E-state index < -0.39 is 0 Å². The van der Waals surface area contributed by atoms with Gasteiger partial charge in [0.15, 0.2) is 5.78 Å². The zero-order valence-electron chi connectivity index (χ0n) is 10.6. The van der Waals surface area contributed by atoms with E-state index in [1.807, 2.05) is 19.9 Å². The van der Waals surface area contributed by atoms with Crippen LogP contribution in [0.3, 0.4) is 0 Å². The lowest BCUT2D eigenvalue weighted by molar-refractivity contribution is 0.101. The van der Waals surface area contributed by atoms with E-state index in [4.69, 9.17) is 0 Å². The first kappa shape index (κ1) is 12.7. The van der Waals surface area contributed by atoms with Crippen molar-refractivity contribution in [2.45, 2.75) is 41.2 Å². The van der Waals surface area contributed by atoms with Gasteiger partial charge in [0.25, 0.3) is 5.56 Å². The van der Waals surface area contributed by atoms with Crippen molar-refractivity contribution in [2.24, 2.45) is 5.92 Å². The molecule has 0 fully saturated rings. The van der Waals surface area contributed by atoms with E-state index in [9.17, 15) is 9.59 Å². The number of aryl methyl sites for hydroxylation is 2. The molecule has 0 amide bonds. The monoisotopic (exact) mass is 221 g/mol. The molecule has 0 saturated heterocycles. The third-order valence-electron chi connectivity index (χ3n) is 2.60. The summed E-state index contributed by atoms with van der Waals surface area (Å²) in [6.07, 6.45) is 0. The average Bonchev–Trinajstić information content (AvgIpc) is 2.10. The second-order valence-electron chi connectivity index (χ2n) is 4.71. The maximum Gasteiger partial charge on any atom is 0.261 e. The highest BCUT2D eigenvalue weighted by molar-refractivity contribution is 5.95. The number of carbonyl (C=O) groups is 1. The maximum atomic E-state index is 12.1. The van der Waals surface area contributed by atoms with Gasteiger partial charge >= 0.3 is 0 Å². The zero-order chi connectivity index (χ0) is 12.5. The van der Waals surface area contributed by atoms with E-state index in [0.717, 1.165) is 11.3 Å². The number of pyridine rings is 1. The minimum absolute atomic E-state index is 0.153. The van der Waals surface area contributed by atoms with Crippen LogP contribution in [0.15, 0.2) is 10.9 Å². The number of rotatable bonds is 3. The maximum absolute atomic E-state index is 12.1. The van der Waals surface area contributed by atoms with Gasteiger partial charge in [-0.05, 0) is 38.3 Å². The van der Waals surface area contributed by atoms with Crippen LogP contribution in [0.1, 0.15) is 42.4 Å². The summed E-state index contributed by atoms with van der Waals surface area (Å²) in [6.45, 7) is 9.92. The molecule has 3 nitrogen and oxygen atoms in total. The van der Waals surface area contributed by atoms with Gasteiger partial charge in [0.2, 0.25) is 0 Å². The van der Waals surface area contributed by atoms with Gasteiger partial charge in [-0.2, -0.15) is 0 Å². The highest BCUT2D eigenvalue weighted by atomic mass is 16.1. The van der Waals surface area contributed by atoms with Crippen LogP contribution < -0.4 is 5.56 Å². The lowest BCUT2D eigenvalue weighted by Crippen LogP contribution is -2.30. The number of Topliss-reactive ketones (excluding diaryl/α,β-unsaturated/α-hetero) is 1. The lowest BCUT2D eigenvalue weighted by atomic mass is 10.1. The van der Waals surface area contributed by atoms with Crippen LogP contribution in [0, 0.1) is 19.8 Å². The molecule has 0 aliphatic rings. The molecule has 0 unspecified atom stereocenters. The first-order chi connectivity index (χ1) is 7.34. The van der Waals surface area contributed by atoms with Crippen molar-refractivity contribution in [3.05, 3.63) is 33.2 Å². The highest BCUT2D eigenvalue weighted by Crippen LogP contribution is 2.08. The van der Waals surface area contributed by atoms with Crippen LogP contribution in [-0.4, -0.2) is 10.4 Å². The van der Waals surface area contributed by atoms with E-state index in [1.165, 1.54) is 6.92 Å². The molecule has 0 aromatic carbocycles. The van der Waals surface area contributed by atoms with Crippen LogP contribution in [0.5, 0.6) is 0 Å². The van der Waals surface area contributed by atoms with E-state index >= 15 is 0 Å². The molecule has 1 heterocycles. The van der Waals surface area contributed by atoms with E-state index in [1.54, 1.807) is 4.57 Å². The van der Waals surface area contributed by atoms with Gasteiger partial charge in [0.05, 0.1) is 5.56 Å². The second kappa shape index (κ2) is 4.64. The summed E-state index contributed by atoms with van der Waals surface area (Å²) < 4.78 is 1.69. The minimum atomic E-state index is -0.154. The molecule has 0 radical (unpaired) electrons. The molecule has 0 spiro atoms. The fourth-order valence-corrected chi connectivity index (χ4v) is 1.95. The molecule has 0 saturated carbocycles. The molecule has 1 aromatic heterocycles. The third-order valence-corrected chi connectivity index (χ3v) is 2.60. The Labute approximate surface area is 96.1 Å². The van der Waals surface area contributed by atoms with Gasteiger partial charge < -0.3 is 4.57 Å². The Kier molecular flexibility index (Phi) is 3.68. The molecule has 1 rings (SSSR count). The van der Waals surface area contributed by atoms with E-state index in [0.29, 0.717) is 18.0 Å². The van der Waals surface area contributed by atoms with Gasteiger partial charge in [0.1, 0.15) is 0 Å². The van der Waals surface area contributed by atoms with Crippen molar-refractivity contribution < 1.29 is 4.79 Å².